The highest BCUT2D eigenvalue weighted by Gasteiger charge is 2.35. The Morgan fingerprint density at radius 3 is 2.73 bits per heavy atom. The summed E-state index contributed by atoms with van der Waals surface area (Å²) in [7, 11) is 4.89. The number of aldehydes is 1. The van der Waals surface area contributed by atoms with E-state index in [1.165, 1.54) is 9.80 Å². The van der Waals surface area contributed by atoms with Crippen LogP contribution in [0, 0.1) is 5.92 Å². The molecule has 0 atom stereocenters. The summed E-state index contributed by atoms with van der Waals surface area (Å²) in [5.74, 6) is -0.549. The molecule has 2 aromatic heterocycles. The van der Waals surface area contributed by atoms with Gasteiger partial charge in [-0.1, -0.05) is 17.7 Å². The SMILES string of the molecule is CN(Cc1cc2c(Cl)cccc2[nH]1)C(=O)N(C)c1nc(N[C@H]2C[C@H](C(=O)O)C2)n(C)c1C=O. The normalized spacial score (nSPS) is 17.5. The first-order valence-electron chi connectivity index (χ1n) is 10.5. The van der Waals surface area contributed by atoms with E-state index in [4.69, 9.17) is 16.7 Å². The van der Waals surface area contributed by atoms with Gasteiger partial charge in [-0.15, -0.1) is 0 Å². The van der Waals surface area contributed by atoms with Gasteiger partial charge in [-0.25, -0.2) is 4.79 Å². The van der Waals surface area contributed by atoms with Gasteiger partial charge in [0, 0.05) is 48.8 Å². The average molecular weight is 473 g/mol. The zero-order chi connectivity index (χ0) is 23.9. The molecular weight excluding hydrogens is 448 g/mol. The lowest BCUT2D eigenvalue weighted by molar-refractivity contribution is -0.144. The number of hydrogen-bond acceptors (Lipinski definition) is 5. The van der Waals surface area contributed by atoms with Crippen LogP contribution >= 0.6 is 11.6 Å². The van der Waals surface area contributed by atoms with Gasteiger partial charge in [0.15, 0.2) is 12.1 Å². The molecule has 1 saturated carbocycles. The van der Waals surface area contributed by atoms with Crippen LogP contribution in [-0.4, -0.2) is 63.0 Å². The number of carboxylic acid groups (broad SMARTS) is 1. The van der Waals surface area contributed by atoms with Crippen molar-refractivity contribution < 1.29 is 19.5 Å². The molecule has 0 unspecified atom stereocenters. The van der Waals surface area contributed by atoms with Crippen LogP contribution in [0.1, 0.15) is 29.0 Å². The molecule has 1 fully saturated rings. The third kappa shape index (κ3) is 4.25. The standard InChI is InChI=1S/C22H25ClN6O4/c1-27(10-14-9-15-16(23)5-4-6-17(15)24-14)22(33)29(3)19-18(11-30)28(2)21(26-19)25-13-7-12(8-13)20(31)32/h4-6,9,11-13,24H,7-8,10H2,1-3H3,(H,25,26)(H,31,32)/t12-,13-. The van der Waals surface area contributed by atoms with Gasteiger partial charge >= 0.3 is 12.0 Å². The number of fused-ring (bicyclic) bond motifs is 1. The number of aromatic nitrogens is 3. The largest absolute Gasteiger partial charge is 0.481 e. The Morgan fingerprint density at radius 2 is 2.09 bits per heavy atom. The summed E-state index contributed by atoms with van der Waals surface area (Å²) >= 11 is 6.24. The second-order valence-corrected chi connectivity index (χ2v) is 8.77. The van der Waals surface area contributed by atoms with Crippen molar-refractivity contribution in [2.24, 2.45) is 13.0 Å². The highest BCUT2D eigenvalue weighted by molar-refractivity contribution is 6.35. The minimum Gasteiger partial charge on any atom is -0.481 e. The molecule has 1 aliphatic rings. The van der Waals surface area contributed by atoms with E-state index in [2.05, 4.69) is 15.3 Å². The smallest absolute Gasteiger partial charge is 0.325 e. The van der Waals surface area contributed by atoms with Gasteiger partial charge in [-0.3, -0.25) is 14.5 Å². The number of aromatic amines is 1. The second-order valence-electron chi connectivity index (χ2n) is 8.36. The molecule has 1 aliphatic carbocycles. The van der Waals surface area contributed by atoms with Gasteiger partial charge in [0.05, 0.1) is 12.5 Å². The van der Waals surface area contributed by atoms with Crippen LogP contribution in [0.2, 0.25) is 5.02 Å². The molecule has 0 saturated heterocycles. The fourth-order valence-electron chi connectivity index (χ4n) is 4.06. The average Bonchev–Trinajstić information content (AvgIpc) is 3.30. The number of H-pyrrole nitrogens is 1. The number of anilines is 2. The molecule has 0 bridgehead atoms. The second kappa shape index (κ2) is 8.78. The summed E-state index contributed by atoms with van der Waals surface area (Å²) in [5, 5.41) is 13.7. The number of halogens is 1. The number of nitrogens with one attached hydrogen (secondary N) is 2. The molecule has 3 aromatic rings. The monoisotopic (exact) mass is 472 g/mol. The molecule has 0 aliphatic heterocycles. The van der Waals surface area contributed by atoms with Crippen LogP contribution in [0.5, 0.6) is 0 Å². The number of carbonyl (C=O) groups excluding carboxylic acids is 2. The van der Waals surface area contributed by atoms with E-state index in [1.807, 2.05) is 24.3 Å². The van der Waals surface area contributed by atoms with Gasteiger partial charge < -0.3 is 24.9 Å². The molecule has 1 aromatic carbocycles. The van der Waals surface area contributed by atoms with E-state index in [1.54, 1.807) is 25.7 Å². The van der Waals surface area contributed by atoms with Gasteiger partial charge in [0.1, 0.15) is 5.69 Å². The maximum atomic E-state index is 13.1. The number of aliphatic carboxylic acids is 1. The number of urea groups is 1. The molecule has 0 spiro atoms. The van der Waals surface area contributed by atoms with Crippen molar-refractivity contribution in [2.75, 3.05) is 24.3 Å². The quantitative estimate of drug-likeness (QED) is 0.453. The predicted octanol–water partition coefficient (Wildman–Crippen LogP) is 3.33. The molecule has 0 radical (unpaired) electrons. The first-order chi connectivity index (χ1) is 15.7. The number of carboxylic acids is 1. The van der Waals surface area contributed by atoms with E-state index in [9.17, 15) is 14.4 Å². The fraction of sp³-hybridized carbons (Fsp3) is 0.364. The number of hydrogen-bond donors (Lipinski definition) is 3. The molecule has 4 rings (SSSR count). The Hall–Kier alpha value is -3.53. The maximum Gasteiger partial charge on any atom is 0.325 e. The highest BCUT2D eigenvalue weighted by Crippen LogP contribution is 2.31. The lowest BCUT2D eigenvalue weighted by Crippen LogP contribution is -2.40. The Bertz CT molecular complexity index is 1230. The van der Waals surface area contributed by atoms with Crippen molar-refractivity contribution >= 4 is 52.6 Å². The molecule has 10 nitrogen and oxygen atoms in total. The summed E-state index contributed by atoms with van der Waals surface area (Å²) in [6, 6.07) is 7.09. The molecule has 2 heterocycles. The Morgan fingerprint density at radius 1 is 1.36 bits per heavy atom. The van der Waals surface area contributed by atoms with E-state index < -0.39 is 5.97 Å². The molecule has 11 heteroatoms. The lowest BCUT2D eigenvalue weighted by Gasteiger charge is -2.33. The van der Waals surface area contributed by atoms with Gasteiger partial charge in [0.2, 0.25) is 5.95 Å². The molecule has 3 N–H and O–H groups in total. The summed E-state index contributed by atoms with van der Waals surface area (Å²) in [6.45, 7) is 0.307. The minimum atomic E-state index is -0.812. The highest BCUT2D eigenvalue weighted by atomic mass is 35.5. The number of benzene rings is 1. The number of amides is 2. The molecule has 2 amide bonds. The van der Waals surface area contributed by atoms with Crippen LogP contribution in [0.4, 0.5) is 16.6 Å². The predicted molar refractivity (Wildman–Crippen MR) is 125 cm³/mol. The number of carbonyl (C=O) groups is 3. The van der Waals surface area contributed by atoms with Gasteiger partial charge in [-0.05, 0) is 31.0 Å². The van der Waals surface area contributed by atoms with Crippen molar-refractivity contribution in [1.82, 2.24) is 19.4 Å². The van der Waals surface area contributed by atoms with E-state index in [0.29, 0.717) is 36.6 Å². The van der Waals surface area contributed by atoms with Crippen molar-refractivity contribution in [1.29, 1.82) is 0 Å². The van der Waals surface area contributed by atoms with E-state index in [0.717, 1.165) is 16.6 Å². The lowest BCUT2D eigenvalue weighted by atomic mass is 9.80. The third-order valence-electron chi connectivity index (χ3n) is 6.06. The van der Waals surface area contributed by atoms with Crippen LogP contribution in [0.15, 0.2) is 24.3 Å². The van der Waals surface area contributed by atoms with Crippen molar-refractivity contribution in [3.05, 3.63) is 40.7 Å². The van der Waals surface area contributed by atoms with Crippen LogP contribution < -0.4 is 10.2 Å². The summed E-state index contributed by atoms with van der Waals surface area (Å²) < 4.78 is 1.57. The number of nitrogens with zero attached hydrogens (tertiary/aromatic N) is 4. The zero-order valence-electron chi connectivity index (χ0n) is 18.5. The zero-order valence-corrected chi connectivity index (χ0v) is 19.3. The molecule has 174 valence electrons. The topological polar surface area (TPSA) is 124 Å². The maximum absolute atomic E-state index is 13.1. The number of rotatable bonds is 7. The summed E-state index contributed by atoms with van der Waals surface area (Å²) in [6.07, 6.45) is 1.62. The Labute approximate surface area is 195 Å². The summed E-state index contributed by atoms with van der Waals surface area (Å²) in [4.78, 5) is 46.4. The molecule has 33 heavy (non-hydrogen) atoms. The van der Waals surface area contributed by atoms with Crippen molar-refractivity contribution in [3.8, 4) is 0 Å². The molecular formula is C22H25ClN6O4. The minimum absolute atomic E-state index is 0.0444. The Balaban J connectivity index is 1.48. The first-order valence-corrected chi connectivity index (χ1v) is 10.8. The fourth-order valence-corrected chi connectivity index (χ4v) is 4.28. The van der Waals surface area contributed by atoms with Gasteiger partial charge in [0.25, 0.3) is 0 Å². The van der Waals surface area contributed by atoms with E-state index in [-0.39, 0.29) is 29.5 Å². The van der Waals surface area contributed by atoms with Gasteiger partial charge in [-0.2, -0.15) is 4.98 Å². The summed E-state index contributed by atoms with van der Waals surface area (Å²) in [5.41, 5.74) is 1.95. The van der Waals surface area contributed by atoms with Crippen LogP contribution in [0.3, 0.4) is 0 Å². The van der Waals surface area contributed by atoms with Crippen molar-refractivity contribution in [2.45, 2.75) is 25.4 Å². The first kappa shape index (κ1) is 22.7. The third-order valence-corrected chi connectivity index (χ3v) is 6.39. The van der Waals surface area contributed by atoms with Crippen LogP contribution in [0.25, 0.3) is 10.9 Å². The number of imidazole rings is 1. The van der Waals surface area contributed by atoms with Crippen LogP contribution in [-0.2, 0) is 18.4 Å². The van der Waals surface area contributed by atoms with Crippen molar-refractivity contribution in [3.63, 3.8) is 0 Å². The van der Waals surface area contributed by atoms with E-state index >= 15 is 0 Å². The Kier molecular flexibility index (Phi) is 6.03.